The Balaban J connectivity index is 1.49. The summed E-state index contributed by atoms with van der Waals surface area (Å²) in [4.78, 5) is 31.1. The van der Waals surface area contributed by atoms with Crippen LogP contribution in [-0.4, -0.2) is 41.4 Å². The lowest BCUT2D eigenvalue weighted by Crippen LogP contribution is -2.49. The Hall–Kier alpha value is -2.32. The van der Waals surface area contributed by atoms with Crippen molar-refractivity contribution >= 4 is 45.0 Å². The van der Waals surface area contributed by atoms with Gasteiger partial charge in [0, 0.05) is 47.6 Å². The van der Waals surface area contributed by atoms with Crippen LogP contribution >= 0.6 is 22.9 Å². The Kier molecular flexibility index (Phi) is 5.25. The van der Waals surface area contributed by atoms with E-state index in [1.807, 2.05) is 24.4 Å². The van der Waals surface area contributed by atoms with Gasteiger partial charge >= 0.3 is 0 Å². The number of likely N-dealkylation sites (tertiary alicyclic amines) is 1. The van der Waals surface area contributed by atoms with Crippen LogP contribution in [0.1, 0.15) is 41.7 Å². The summed E-state index contributed by atoms with van der Waals surface area (Å²) < 4.78 is 7.51. The predicted octanol–water partition coefficient (Wildman–Crippen LogP) is 4.42. The van der Waals surface area contributed by atoms with Crippen LogP contribution in [0.15, 0.2) is 30.5 Å². The molecular weight excluding hydrogens is 458 g/mol. The molecule has 6 rings (SSSR count). The largest absolute Gasteiger partial charge is 0.368 e. The third kappa shape index (κ3) is 3.58. The van der Waals surface area contributed by atoms with Crippen molar-refractivity contribution in [3.63, 3.8) is 0 Å². The average molecular weight is 482 g/mol. The van der Waals surface area contributed by atoms with Crippen LogP contribution in [0, 0.1) is 0 Å². The van der Waals surface area contributed by atoms with Crippen molar-refractivity contribution in [3.05, 3.63) is 51.5 Å². The molecule has 1 spiro atoms. The monoisotopic (exact) mass is 481 g/mol. The quantitative estimate of drug-likeness (QED) is 0.561. The van der Waals surface area contributed by atoms with E-state index in [0.717, 1.165) is 63.6 Å². The Labute approximate surface area is 200 Å². The van der Waals surface area contributed by atoms with E-state index in [0.29, 0.717) is 26.0 Å². The van der Waals surface area contributed by atoms with Gasteiger partial charge in [-0.2, -0.15) is 0 Å². The maximum absolute atomic E-state index is 12.1. The van der Waals surface area contributed by atoms with E-state index in [1.165, 1.54) is 16.0 Å². The Morgan fingerprint density at radius 3 is 2.79 bits per heavy atom. The van der Waals surface area contributed by atoms with E-state index in [2.05, 4.69) is 16.4 Å². The summed E-state index contributed by atoms with van der Waals surface area (Å²) in [6, 6.07) is 8.17. The molecule has 0 radical (unpaired) electrons. The predicted molar refractivity (Wildman–Crippen MR) is 128 cm³/mol. The van der Waals surface area contributed by atoms with Gasteiger partial charge in [-0.05, 0) is 60.2 Å². The number of imide groups is 1. The molecule has 2 aromatic heterocycles. The highest BCUT2D eigenvalue weighted by Gasteiger charge is 2.41. The number of halogens is 1. The van der Waals surface area contributed by atoms with Gasteiger partial charge in [0.1, 0.15) is 5.60 Å². The van der Waals surface area contributed by atoms with Crippen LogP contribution in [0.25, 0.3) is 21.3 Å². The van der Waals surface area contributed by atoms with Crippen LogP contribution in [0.3, 0.4) is 0 Å². The molecule has 0 bridgehead atoms. The maximum atomic E-state index is 12.1. The summed E-state index contributed by atoms with van der Waals surface area (Å²) in [7, 11) is 0. The van der Waals surface area contributed by atoms with Crippen LogP contribution in [0.2, 0.25) is 5.02 Å². The van der Waals surface area contributed by atoms with Gasteiger partial charge in [0.25, 0.3) is 0 Å². The number of nitrogens with one attached hydrogen (secondary N) is 1. The molecule has 3 aliphatic rings. The van der Waals surface area contributed by atoms with Crippen LogP contribution in [0.4, 0.5) is 0 Å². The number of amides is 2. The SMILES string of the molecule is O=C1CCC(=O)N1Cc1cc2nccc(-c3cc(Cl)cc4c3[C@]3(CCC4)CNCCO3)c2s1. The first-order valence-corrected chi connectivity index (χ1v) is 12.6. The molecule has 1 aromatic carbocycles. The van der Waals surface area contributed by atoms with E-state index in [9.17, 15) is 9.59 Å². The van der Waals surface area contributed by atoms with Gasteiger partial charge in [-0.15, -0.1) is 11.3 Å². The second-order valence-corrected chi connectivity index (χ2v) is 10.6. The maximum Gasteiger partial charge on any atom is 0.230 e. The van der Waals surface area contributed by atoms with E-state index < -0.39 is 0 Å². The van der Waals surface area contributed by atoms with E-state index in [4.69, 9.17) is 16.3 Å². The Morgan fingerprint density at radius 2 is 2.00 bits per heavy atom. The van der Waals surface area contributed by atoms with Gasteiger partial charge in [0.05, 0.1) is 23.4 Å². The second kappa shape index (κ2) is 8.17. The topological polar surface area (TPSA) is 71.5 Å². The summed E-state index contributed by atoms with van der Waals surface area (Å²) in [5.41, 5.74) is 5.17. The van der Waals surface area contributed by atoms with E-state index in [1.54, 1.807) is 11.3 Å². The molecule has 0 saturated carbocycles. The molecule has 2 saturated heterocycles. The van der Waals surface area contributed by atoms with Crippen molar-refractivity contribution in [3.8, 4) is 11.1 Å². The van der Waals surface area contributed by atoms with E-state index >= 15 is 0 Å². The highest BCUT2D eigenvalue weighted by atomic mass is 35.5. The molecule has 1 aliphatic carbocycles. The molecule has 2 fully saturated rings. The number of aromatic nitrogens is 1. The number of carbonyl (C=O) groups is 2. The molecule has 1 N–H and O–H groups in total. The molecule has 33 heavy (non-hydrogen) atoms. The summed E-state index contributed by atoms with van der Waals surface area (Å²) in [6.45, 7) is 2.65. The first-order valence-electron chi connectivity index (χ1n) is 11.4. The minimum Gasteiger partial charge on any atom is -0.368 e. The molecule has 8 heteroatoms. The lowest BCUT2D eigenvalue weighted by molar-refractivity contribution is -0.138. The average Bonchev–Trinajstić information content (AvgIpc) is 3.37. The number of fused-ring (bicyclic) bond motifs is 3. The van der Waals surface area contributed by atoms with Gasteiger partial charge in [-0.1, -0.05) is 11.6 Å². The zero-order valence-electron chi connectivity index (χ0n) is 18.2. The molecule has 0 unspecified atom stereocenters. The minimum absolute atomic E-state index is 0.0987. The van der Waals surface area contributed by atoms with Crippen molar-refractivity contribution in [1.29, 1.82) is 0 Å². The number of aryl methyl sites for hydroxylation is 1. The second-order valence-electron chi connectivity index (χ2n) is 9.02. The number of nitrogens with zero attached hydrogens (tertiary/aromatic N) is 2. The molecule has 1 atom stereocenters. The molecule has 6 nitrogen and oxygen atoms in total. The Morgan fingerprint density at radius 1 is 1.15 bits per heavy atom. The number of thiophene rings is 1. The molecule has 170 valence electrons. The zero-order chi connectivity index (χ0) is 22.6. The summed E-state index contributed by atoms with van der Waals surface area (Å²) >= 11 is 8.20. The van der Waals surface area contributed by atoms with Crippen molar-refractivity contribution in [2.75, 3.05) is 19.7 Å². The lowest BCUT2D eigenvalue weighted by Gasteiger charge is -2.43. The fraction of sp³-hybridized carbons (Fsp3) is 0.400. The highest BCUT2D eigenvalue weighted by molar-refractivity contribution is 7.19. The summed E-state index contributed by atoms with van der Waals surface area (Å²) in [5.74, 6) is -0.197. The molecular formula is C25H24ClN3O3S. The number of morpholine rings is 1. The third-order valence-corrected chi connectivity index (χ3v) is 8.32. The number of rotatable bonds is 3. The van der Waals surface area contributed by atoms with E-state index in [-0.39, 0.29) is 17.4 Å². The van der Waals surface area contributed by atoms with Gasteiger partial charge < -0.3 is 10.1 Å². The Bertz CT molecular complexity index is 1270. The van der Waals surface area contributed by atoms with Crippen molar-refractivity contribution in [2.45, 2.75) is 44.2 Å². The molecule has 4 heterocycles. The minimum atomic E-state index is -0.351. The normalized spacial score (nSPS) is 23.0. The highest BCUT2D eigenvalue weighted by Crippen LogP contribution is 2.47. The number of ether oxygens (including phenoxy) is 1. The first-order chi connectivity index (χ1) is 16.0. The van der Waals surface area contributed by atoms with Crippen LogP contribution in [-0.2, 0) is 32.9 Å². The number of benzene rings is 1. The van der Waals surface area contributed by atoms with Crippen molar-refractivity contribution in [1.82, 2.24) is 15.2 Å². The fourth-order valence-electron chi connectivity index (χ4n) is 5.51. The number of hydrogen-bond acceptors (Lipinski definition) is 6. The number of carbonyl (C=O) groups excluding carboxylic acids is 2. The molecule has 3 aromatic rings. The lowest BCUT2D eigenvalue weighted by atomic mass is 9.74. The fourth-order valence-corrected chi connectivity index (χ4v) is 6.89. The third-order valence-electron chi connectivity index (χ3n) is 6.96. The zero-order valence-corrected chi connectivity index (χ0v) is 19.7. The van der Waals surface area contributed by atoms with Gasteiger partial charge in [0.15, 0.2) is 0 Å². The van der Waals surface area contributed by atoms with Gasteiger partial charge in [0.2, 0.25) is 11.8 Å². The van der Waals surface area contributed by atoms with Gasteiger partial charge in [-0.25, -0.2) is 0 Å². The van der Waals surface area contributed by atoms with Crippen LogP contribution in [0.5, 0.6) is 0 Å². The smallest absolute Gasteiger partial charge is 0.230 e. The number of hydrogen-bond donors (Lipinski definition) is 1. The summed E-state index contributed by atoms with van der Waals surface area (Å²) in [6.07, 6.45) is 5.46. The van der Waals surface area contributed by atoms with Crippen LogP contribution < -0.4 is 5.32 Å². The summed E-state index contributed by atoms with van der Waals surface area (Å²) in [5, 5.41) is 4.25. The molecule has 2 amide bonds. The molecule has 2 aliphatic heterocycles. The number of pyridine rings is 1. The van der Waals surface area contributed by atoms with Crippen molar-refractivity contribution in [2.24, 2.45) is 0 Å². The van der Waals surface area contributed by atoms with Gasteiger partial charge in [-0.3, -0.25) is 19.5 Å². The van der Waals surface area contributed by atoms with Crippen molar-refractivity contribution < 1.29 is 14.3 Å². The first kappa shape index (κ1) is 21.2. The standard InChI is InChI=1S/C25H24ClN3O3S/c26-16-10-15-2-1-6-25(14-27-8-9-32-25)23(15)19(11-16)18-5-7-28-20-12-17(33-24(18)20)13-29-21(30)3-4-22(29)31/h5,7,10-12,27H,1-4,6,8-9,13-14H2/t25-/m0/s1.